The van der Waals surface area contributed by atoms with E-state index in [1.54, 1.807) is 14.2 Å². The molecule has 0 spiro atoms. The largest absolute Gasteiger partial charge is 0.493 e. The Labute approximate surface area is 173 Å². The van der Waals surface area contributed by atoms with Gasteiger partial charge in [-0.15, -0.1) is 11.3 Å². The van der Waals surface area contributed by atoms with Crippen LogP contribution < -0.4 is 14.8 Å². The summed E-state index contributed by atoms with van der Waals surface area (Å²) in [5.74, 6) is 2.13. The monoisotopic (exact) mass is 416 g/mol. The number of amides is 1. The molecule has 2 heterocycles. The number of nitrogens with zero attached hydrogens (tertiary/aromatic N) is 3. The first kappa shape index (κ1) is 20.8. The molecule has 0 bridgehead atoms. The lowest BCUT2D eigenvalue weighted by atomic mass is 9.97. The summed E-state index contributed by atoms with van der Waals surface area (Å²) < 4.78 is 15.8. The van der Waals surface area contributed by atoms with Gasteiger partial charge in [0, 0.05) is 16.4 Å². The second-order valence-corrected chi connectivity index (χ2v) is 8.29. The maximum absolute atomic E-state index is 12.3. The Hall–Kier alpha value is -2.94. The van der Waals surface area contributed by atoms with Gasteiger partial charge in [0.15, 0.2) is 17.3 Å². The van der Waals surface area contributed by atoms with Crippen LogP contribution in [0.5, 0.6) is 11.5 Å². The van der Waals surface area contributed by atoms with E-state index in [1.165, 1.54) is 11.3 Å². The molecule has 0 aliphatic carbocycles. The molecule has 0 radical (unpaired) electrons. The molecule has 2 aromatic heterocycles. The van der Waals surface area contributed by atoms with E-state index in [4.69, 9.17) is 14.0 Å². The number of thiazole rings is 1. The summed E-state index contributed by atoms with van der Waals surface area (Å²) in [5, 5.41) is 9.38. The molecule has 3 aromatic rings. The molecule has 1 aromatic carbocycles. The number of ether oxygens (including phenoxy) is 2. The van der Waals surface area contributed by atoms with Crippen molar-refractivity contribution in [2.24, 2.45) is 0 Å². The number of hydrogen-bond donors (Lipinski definition) is 1. The quantitative estimate of drug-likeness (QED) is 0.630. The normalized spacial score (nSPS) is 11.3. The topological polar surface area (TPSA) is 99.4 Å². The van der Waals surface area contributed by atoms with Gasteiger partial charge in [-0.05, 0) is 18.2 Å². The van der Waals surface area contributed by atoms with Gasteiger partial charge in [0.1, 0.15) is 5.01 Å². The van der Waals surface area contributed by atoms with Crippen LogP contribution in [0.1, 0.15) is 38.2 Å². The summed E-state index contributed by atoms with van der Waals surface area (Å²) in [5.41, 5.74) is 1.37. The van der Waals surface area contributed by atoms with E-state index in [0.717, 1.165) is 10.6 Å². The molecule has 9 heteroatoms. The molecule has 0 saturated carbocycles. The van der Waals surface area contributed by atoms with E-state index in [-0.39, 0.29) is 24.3 Å². The molecule has 29 heavy (non-hydrogen) atoms. The molecule has 0 saturated heterocycles. The average molecular weight is 417 g/mol. The second kappa shape index (κ2) is 8.60. The van der Waals surface area contributed by atoms with Crippen LogP contribution >= 0.6 is 11.3 Å². The van der Waals surface area contributed by atoms with Gasteiger partial charge in [0.2, 0.25) is 11.8 Å². The van der Waals surface area contributed by atoms with Crippen molar-refractivity contribution in [2.45, 2.75) is 39.2 Å². The van der Waals surface area contributed by atoms with Crippen LogP contribution in [0, 0.1) is 0 Å². The van der Waals surface area contributed by atoms with Crippen molar-refractivity contribution in [1.82, 2.24) is 20.4 Å². The molecule has 0 fully saturated rings. The van der Waals surface area contributed by atoms with E-state index in [1.807, 2.05) is 44.4 Å². The van der Waals surface area contributed by atoms with Gasteiger partial charge in [0.25, 0.3) is 0 Å². The Morgan fingerprint density at radius 1 is 1.17 bits per heavy atom. The minimum atomic E-state index is -0.226. The lowest BCUT2D eigenvalue weighted by molar-refractivity contribution is -0.120. The molecular weight excluding hydrogens is 392 g/mol. The number of rotatable bonds is 7. The summed E-state index contributed by atoms with van der Waals surface area (Å²) in [4.78, 5) is 21.1. The van der Waals surface area contributed by atoms with Crippen molar-refractivity contribution in [3.05, 3.63) is 41.0 Å². The van der Waals surface area contributed by atoms with Gasteiger partial charge in [-0.25, -0.2) is 4.98 Å². The summed E-state index contributed by atoms with van der Waals surface area (Å²) >= 11 is 1.47. The zero-order valence-electron chi connectivity index (χ0n) is 17.1. The molecule has 0 aliphatic heterocycles. The Morgan fingerprint density at radius 3 is 2.59 bits per heavy atom. The Kier molecular flexibility index (Phi) is 6.17. The summed E-state index contributed by atoms with van der Waals surface area (Å²) in [6.07, 6.45) is 0.174. The number of carbonyl (C=O) groups excluding carboxylic acids is 1. The number of methoxy groups -OCH3 is 2. The zero-order valence-corrected chi connectivity index (χ0v) is 17.9. The minimum Gasteiger partial charge on any atom is -0.493 e. The highest BCUT2D eigenvalue weighted by atomic mass is 32.1. The first-order chi connectivity index (χ1) is 13.8. The first-order valence-electron chi connectivity index (χ1n) is 9.06. The maximum Gasteiger partial charge on any atom is 0.232 e. The van der Waals surface area contributed by atoms with Crippen molar-refractivity contribution in [2.75, 3.05) is 14.2 Å². The standard InChI is InChI=1S/C20H24N4O4S/c1-20(2,3)19-23-16(24-28-19)10-21-17(25)9-13-11-29-18(22-13)12-6-7-14(26-4)15(8-12)27-5/h6-8,11H,9-10H2,1-5H3,(H,21,25). The smallest absolute Gasteiger partial charge is 0.232 e. The molecule has 8 nitrogen and oxygen atoms in total. The van der Waals surface area contributed by atoms with Crippen LogP contribution in [-0.2, 0) is 23.2 Å². The van der Waals surface area contributed by atoms with E-state index < -0.39 is 0 Å². The molecule has 0 unspecified atom stereocenters. The fourth-order valence-electron chi connectivity index (χ4n) is 2.53. The SMILES string of the molecule is COc1ccc(-c2nc(CC(=O)NCc3noc(C(C)(C)C)n3)cs2)cc1OC. The fourth-order valence-corrected chi connectivity index (χ4v) is 3.34. The lowest BCUT2D eigenvalue weighted by Gasteiger charge is -2.10. The third-order valence-corrected chi connectivity index (χ3v) is 5.02. The van der Waals surface area contributed by atoms with Crippen LogP contribution in [0.25, 0.3) is 10.6 Å². The minimum absolute atomic E-state index is 0.156. The van der Waals surface area contributed by atoms with Crippen LogP contribution in [0.2, 0.25) is 0 Å². The number of carbonyl (C=O) groups is 1. The Morgan fingerprint density at radius 2 is 1.93 bits per heavy atom. The Balaban J connectivity index is 1.60. The predicted octanol–water partition coefficient (Wildman–Crippen LogP) is 3.37. The van der Waals surface area contributed by atoms with Crippen molar-refractivity contribution >= 4 is 17.2 Å². The third-order valence-electron chi connectivity index (χ3n) is 4.08. The zero-order chi connectivity index (χ0) is 21.0. The first-order valence-corrected chi connectivity index (χ1v) is 9.94. The predicted molar refractivity (Wildman–Crippen MR) is 109 cm³/mol. The van der Waals surface area contributed by atoms with Crippen molar-refractivity contribution in [3.63, 3.8) is 0 Å². The summed E-state index contributed by atoms with van der Waals surface area (Å²) in [6, 6.07) is 5.61. The molecule has 3 rings (SSSR count). The third kappa shape index (κ3) is 5.11. The molecule has 1 N–H and O–H groups in total. The number of hydrogen-bond acceptors (Lipinski definition) is 8. The van der Waals surface area contributed by atoms with Gasteiger partial charge in [0.05, 0.1) is 32.9 Å². The Bertz CT molecular complexity index is 991. The highest BCUT2D eigenvalue weighted by molar-refractivity contribution is 7.13. The molecule has 154 valence electrons. The number of nitrogens with one attached hydrogen (secondary N) is 1. The number of aromatic nitrogens is 3. The maximum atomic E-state index is 12.3. The van der Waals surface area contributed by atoms with Crippen LogP contribution in [-0.4, -0.2) is 35.3 Å². The molecule has 1 amide bonds. The molecular formula is C20H24N4O4S. The van der Waals surface area contributed by atoms with Crippen molar-refractivity contribution < 1.29 is 18.8 Å². The summed E-state index contributed by atoms with van der Waals surface area (Å²) in [6.45, 7) is 6.17. The average Bonchev–Trinajstić information content (AvgIpc) is 3.35. The highest BCUT2D eigenvalue weighted by Gasteiger charge is 2.21. The van der Waals surface area contributed by atoms with Gasteiger partial charge in [-0.2, -0.15) is 4.98 Å². The van der Waals surface area contributed by atoms with E-state index in [9.17, 15) is 4.79 Å². The second-order valence-electron chi connectivity index (χ2n) is 7.43. The van der Waals surface area contributed by atoms with Crippen LogP contribution in [0.4, 0.5) is 0 Å². The van der Waals surface area contributed by atoms with Gasteiger partial charge in [-0.3, -0.25) is 4.79 Å². The van der Waals surface area contributed by atoms with Gasteiger partial charge >= 0.3 is 0 Å². The van der Waals surface area contributed by atoms with E-state index >= 15 is 0 Å². The number of benzene rings is 1. The van der Waals surface area contributed by atoms with Crippen LogP contribution in [0.15, 0.2) is 28.1 Å². The summed E-state index contributed by atoms with van der Waals surface area (Å²) in [7, 11) is 3.18. The van der Waals surface area contributed by atoms with E-state index in [2.05, 4.69) is 20.4 Å². The lowest BCUT2D eigenvalue weighted by Crippen LogP contribution is -2.25. The van der Waals surface area contributed by atoms with Crippen LogP contribution in [0.3, 0.4) is 0 Å². The fraction of sp³-hybridized carbons (Fsp3) is 0.400. The molecule has 0 aliphatic rings. The molecule has 0 atom stereocenters. The van der Waals surface area contributed by atoms with Crippen molar-refractivity contribution in [3.8, 4) is 22.1 Å². The van der Waals surface area contributed by atoms with Crippen molar-refractivity contribution in [1.29, 1.82) is 0 Å². The van der Waals surface area contributed by atoms with E-state index in [0.29, 0.717) is 28.9 Å². The van der Waals surface area contributed by atoms with Gasteiger partial charge < -0.3 is 19.3 Å². The van der Waals surface area contributed by atoms with Gasteiger partial charge in [-0.1, -0.05) is 25.9 Å². The highest BCUT2D eigenvalue weighted by Crippen LogP contribution is 2.33.